The number of hydrogen-bond donors (Lipinski definition) is 0. The van der Waals surface area contributed by atoms with Crippen LogP contribution in [0.3, 0.4) is 0 Å². The quantitative estimate of drug-likeness (QED) is 0.741. The Morgan fingerprint density at radius 1 is 1.29 bits per heavy atom. The zero-order chi connectivity index (χ0) is 20.1. The number of hydrogen-bond acceptors (Lipinski definition) is 5. The number of morpholine rings is 1. The number of nitrogens with zero attached hydrogens (tertiary/aromatic N) is 4. The van der Waals surface area contributed by atoms with Crippen molar-refractivity contribution in [2.75, 3.05) is 33.3 Å². The van der Waals surface area contributed by atoms with Crippen molar-refractivity contribution in [3.63, 3.8) is 0 Å². The minimum atomic E-state index is -0.695. The van der Waals surface area contributed by atoms with Crippen LogP contribution in [-0.4, -0.2) is 70.6 Å². The van der Waals surface area contributed by atoms with Crippen LogP contribution < -0.4 is 5.56 Å². The van der Waals surface area contributed by atoms with Crippen LogP contribution in [0.2, 0.25) is 0 Å². The largest absolute Gasteiger partial charge is 0.365 e. The Hall–Kier alpha value is -3.00. The average molecular weight is 384 g/mol. The minimum Gasteiger partial charge on any atom is -0.365 e. The van der Waals surface area contributed by atoms with E-state index < -0.39 is 6.10 Å². The molecular formula is C20H24N4O4. The number of amides is 2. The zero-order valence-corrected chi connectivity index (χ0v) is 16.1. The van der Waals surface area contributed by atoms with Crippen molar-refractivity contribution in [2.45, 2.75) is 12.5 Å². The van der Waals surface area contributed by atoms with Gasteiger partial charge in [-0.15, -0.1) is 0 Å². The molecule has 2 amide bonds. The molecule has 1 fully saturated rings. The number of rotatable bonds is 5. The molecule has 148 valence electrons. The summed E-state index contributed by atoms with van der Waals surface area (Å²) in [5, 5.41) is 0. The van der Waals surface area contributed by atoms with E-state index in [1.54, 1.807) is 30.1 Å². The van der Waals surface area contributed by atoms with E-state index in [2.05, 4.69) is 4.98 Å². The summed E-state index contributed by atoms with van der Waals surface area (Å²) in [6, 6.07) is 8.56. The van der Waals surface area contributed by atoms with Crippen molar-refractivity contribution in [3.8, 4) is 0 Å². The second-order valence-corrected chi connectivity index (χ2v) is 6.81. The molecule has 2 aromatic heterocycles. The maximum atomic E-state index is 12.7. The number of aromatic nitrogens is 2. The first kappa shape index (κ1) is 19.8. The average Bonchev–Trinajstić information content (AvgIpc) is 2.73. The predicted molar refractivity (Wildman–Crippen MR) is 103 cm³/mol. The molecule has 3 rings (SSSR count). The Kier molecular flexibility index (Phi) is 6.20. The van der Waals surface area contributed by atoms with Gasteiger partial charge in [0.15, 0.2) is 6.10 Å². The van der Waals surface area contributed by atoms with E-state index >= 15 is 0 Å². The Balaban J connectivity index is 1.60. The fourth-order valence-corrected chi connectivity index (χ4v) is 3.07. The first-order valence-corrected chi connectivity index (χ1v) is 9.18. The van der Waals surface area contributed by atoms with Crippen molar-refractivity contribution < 1.29 is 14.3 Å². The van der Waals surface area contributed by atoms with Crippen molar-refractivity contribution in [2.24, 2.45) is 7.05 Å². The molecule has 1 aliphatic heterocycles. The van der Waals surface area contributed by atoms with Crippen molar-refractivity contribution in [1.29, 1.82) is 0 Å². The molecule has 0 unspecified atom stereocenters. The lowest BCUT2D eigenvalue weighted by Gasteiger charge is -2.34. The summed E-state index contributed by atoms with van der Waals surface area (Å²) in [4.78, 5) is 44.4. The van der Waals surface area contributed by atoms with E-state index in [1.807, 2.05) is 18.2 Å². The van der Waals surface area contributed by atoms with Crippen molar-refractivity contribution >= 4 is 11.8 Å². The van der Waals surface area contributed by atoms with Gasteiger partial charge in [0.05, 0.1) is 18.7 Å². The smallest absolute Gasteiger partial charge is 0.255 e. The molecule has 2 aromatic rings. The Bertz CT molecular complexity index is 897. The molecule has 1 saturated heterocycles. The van der Waals surface area contributed by atoms with Gasteiger partial charge in [-0.25, -0.2) is 0 Å². The highest BCUT2D eigenvalue weighted by Gasteiger charge is 2.31. The normalized spacial score (nSPS) is 16.6. The SMILES string of the molecule is CN(CCc1ccccn1)C(=O)[C@H]1CN(C(=O)c2ccc(=O)n(C)c2)CCO1. The monoisotopic (exact) mass is 384 g/mol. The number of pyridine rings is 2. The topological polar surface area (TPSA) is 84.7 Å². The molecule has 0 aliphatic carbocycles. The van der Waals surface area contributed by atoms with E-state index in [1.165, 1.54) is 22.9 Å². The van der Waals surface area contributed by atoms with E-state index in [4.69, 9.17) is 4.74 Å². The first-order valence-electron chi connectivity index (χ1n) is 9.18. The molecule has 1 aliphatic rings. The second-order valence-electron chi connectivity index (χ2n) is 6.81. The van der Waals surface area contributed by atoms with Crippen LogP contribution in [0, 0.1) is 0 Å². The molecule has 28 heavy (non-hydrogen) atoms. The summed E-state index contributed by atoms with van der Waals surface area (Å²) in [7, 11) is 3.32. The van der Waals surface area contributed by atoms with Gasteiger partial charge in [0.2, 0.25) is 5.56 Å². The van der Waals surface area contributed by atoms with Gasteiger partial charge in [-0.2, -0.15) is 0 Å². The minimum absolute atomic E-state index is 0.158. The maximum Gasteiger partial charge on any atom is 0.255 e. The molecule has 0 saturated carbocycles. The van der Waals surface area contributed by atoms with Gasteiger partial charge in [-0.05, 0) is 18.2 Å². The van der Waals surface area contributed by atoms with E-state index in [9.17, 15) is 14.4 Å². The Morgan fingerprint density at radius 3 is 2.82 bits per heavy atom. The molecule has 0 aromatic carbocycles. The van der Waals surface area contributed by atoms with Crippen LogP contribution in [0.1, 0.15) is 16.1 Å². The van der Waals surface area contributed by atoms with Gasteiger partial charge in [-0.3, -0.25) is 19.4 Å². The van der Waals surface area contributed by atoms with Crippen LogP contribution >= 0.6 is 0 Å². The lowest BCUT2D eigenvalue weighted by atomic mass is 10.2. The van der Waals surface area contributed by atoms with Gasteiger partial charge in [-0.1, -0.05) is 6.07 Å². The molecule has 0 radical (unpaired) electrons. The lowest BCUT2D eigenvalue weighted by molar-refractivity contribution is -0.146. The molecule has 8 heteroatoms. The highest BCUT2D eigenvalue weighted by Crippen LogP contribution is 2.12. The lowest BCUT2D eigenvalue weighted by Crippen LogP contribution is -2.52. The molecule has 8 nitrogen and oxygen atoms in total. The number of aryl methyl sites for hydroxylation is 1. The van der Waals surface area contributed by atoms with E-state index in [-0.39, 0.29) is 23.9 Å². The zero-order valence-electron chi connectivity index (χ0n) is 16.1. The number of carbonyl (C=O) groups is 2. The fourth-order valence-electron chi connectivity index (χ4n) is 3.07. The molecule has 0 spiro atoms. The second kappa shape index (κ2) is 8.79. The number of carbonyl (C=O) groups excluding carboxylic acids is 2. The third kappa shape index (κ3) is 4.64. The summed E-state index contributed by atoms with van der Waals surface area (Å²) >= 11 is 0. The molecule has 0 N–H and O–H groups in total. The highest BCUT2D eigenvalue weighted by molar-refractivity contribution is 5.94. The van der Waals surface area contributed by atoms with Crippen LogP contribution in [0.5, 0.6) is 0 Å². The van der Waals surface area contributed by atoms with Gasteiger partial charge in [0, 0.05) is 57.8 Å². The first-order chi connectivity index (χ1) is 13.5. The number of likely N-dealkylation sites (N-methyl/N-ethyl adjacent to an activating group) is 1. The molecule has 0 bridgehead atoms. The van der Waals surface area contributed by atoms with Crippen LogP contribution in [0.15, 0.2) is 47.5 Å². The van der Waals surface area contributed by atoms with Crippen LogP contribution in [0.25, 0.3) is 0 Å². The van der Waals surface area contributed by atoms with E-state index in [0.717, 1.165) is 5.69 Å². The van der Waals surface area contributed by atoms with Gasteiger partial charge >= 0.3 is 0 Å². The summed E-state index contributed by atoms with van der Waals surface area (Å²) < 4.78 is 6.98. The predicted octanol–water partition coefficient (Wildman–Crippen LogP) is 0.322. The maximum absolute atomic E-state index is 12.7. The third-order valence-electron chi connectivity index (χ3n) is 4.77. The third-order valence-corrected chi connectivity index (χ3v) is 4.77. The fraction of sp³-hybridized carbons (Fsp3) is 0.400. The summed E-state index contributed by atoms with van der Waals surface area (Å²) in [6.07, 6.45) is 3.19. The van der Waals surface area contributed by atoms with Gasteiger partial charge in [0.25, 0.3) is 11.8 Å². The Morgan fingerprint density at radius 2 is 2.11 bits per heavy atom. The standard InChI is InChI=1S/C20H24N4O4/c1-22(10-8-16-5-3-4-9-21-16)20(27)17-14-24(11-12-28-17)19(26)15-6-7-18(25)23(2)13-15/h3-7,9,13,17H,8,10-12,14H2,1-2H3/t17-/m1/s1. The summed E-state index contributed by atoms with van der Waals surface area (Å²) in [5.74, 6) is -0.373. The van der Waals surface area contributed by atoms with E-state index in [0.29, 0.717) is 31.7 Å². The summed E-state index contributed by atoms with van der Waals surface area (Å²) in [5.41, 5.74) is 1.15. The molecule has 3 heterocycles. The highest BCUT2D eigenvalue weighted by atomic mass is 16.5. The summed E-state index contributed by atoms with van der Waals surface area (Å²) in [6.45, 7) is 1.41. The van der Waals surface area contributed by atoms with Crippen molar-refractivity contribution in [1.82, 2.24) is 19.4 Å². The van der Waals surface area contributed by atoms with Crippen LogP contribution in [0.4, 0.5) is 0 Å². The number of ether oxygens (including phenoxy) is 1. The van der Waals surface area contributed by atoms with Gasteiger partial charge in [0.1, 0.15) is 0 Å². The Labute approximate surface area is 163 Å². The van der Waals surface area contributed by atoms with Crippen LogP contribution in [-0.2, 0) is 23.0 Å². The molecule has 1 atom stereocenters. The van der Waals surface area contributed by atoms with Gasteiger partial charge < -0.3 is 19.1 Å². The van der Waals surface area contributed by atoms with Crippen molar-refractivity contribution in [3.05, 3.63) is 64.3 Å². The molecular weight excluding hydrogens is 360 g/mol.